The molecule has 0 spiro atoms. The molecule has 0 fully saturated rings. The first-order valence-corrected chi connectivity index (χ1v) is 7.72. The third-order valence-corrected chi connectivity index (χ3v) is 3.89. The van der Waals surface area contributed by atoms with Crippen LogP contribution >= 0.6 is 0 Å². The van der Waals surface area contributed by atoms with E-state index in [9.17, 15) is 14.9 Å². The number of nitro groups is 1. The normalized spacial score (nSPS) is 10.5. The summed E-state index contributed by atoms with van der Waals surface area (Å²) in [6, 6.07) is 10.0. The second kappa shape index (κ2) is 7.12. The summed E-state index contributed by atoms with van der Waals surface area (Å²) in [6.45, 7) is 6.03. The number of non-ortho nitro benzene ring substituents is 1. The Morgan fingerprint density at radius 1 is 1.21 bits per heavy atom. The van der Waals surface area contributed by atoms with Gasteiger partial charge in [-0.05, 0) is 30.0 Å². The molecule has 2 N–H and O–H groups in total. The highest BCUT2D eigenvalue weighted by Crippen LogP contribution is 2.29. The first-order valence-electron chi connectivity index (χ1n) is 7.72. The number of hydrogen-bond donors (Lipinski definition) is 2. The number of carbonyl (C=O) groups excluding carboxylic acids is 1. The molecule has 2 rings (SSSR count). The van der Waals surface area contributed by atoms with E-state index < -0.39 is 4.92 Å². The van der Waals surface area contributed by atoms with Crippen molar-refractivity contribution in [3.05, 3.63) is 63.2 Å². The van der Waals surface area contributed by atoms with Gasteiger partial charge in [0, 0.05) is 30.6 Å². The molecule has 2 aromatic carbocycles. The van der Waals surface area contributed by atoms with Gasteiger partial charge < -0.3 is 10.6 Å². The lowest BCUT2D eigenvalue weighted by Gasteiger charge is -2.17. The molecule has 0 heterocycles. The van der Waals surface area contributed by atoms with Crippen molar-refractivity contribution in [3.8, 4) is 0 Å². The van der Waals surface area contributed by atoms with Gasteiger partial charge in [0.15, 0.2) is 0 Å². The number of hydrogen-bond acceptors (Lipinski definition) is 4. The number of para-hydroxylation sites is 1. The van der Waals surface area contributed by atoms with E-state index in [2.05, 4.69) is 24.5 Å². The first-order chi connectivity index (χ1) is 11.3. The van der Waals surface area contributed by atoms with Gasteiger partial charge in [-0.3, -0.25) is 14.9 Å². The Labute approximate surface area is 141 Å². The van der Waals surface area contributed by atoms with E-state index in [0.29, 0.717) is 5.69 Å². The average molecular weight is 327 g/mol. The summed E-state index contributed by atoms with van der Waals surface area (Å²) in [5.74, 6) is -0.131. The van der Waals surface area contributed by atoms with E-state index in [4.69, 9.17) is 0 Å². The molecule has 0 aliphatic rings. The lowest BCUT2D eigenvalue weighted by atomic mass is 9.98. The van der Waals surface area contributed by atoms with Gasteiger partial charge >= 0.3 is 0 Å². The summed E-state index contributed by atoms with van der Waals surface area (Å²) >= 11 is 0. The molecule has 0 aliphatic carbocycles. The van der Waals surface area contributed by atoms with Crippen molar-refractivity contribution in [3.63, 3.8) is 0 Å². The van der Waals surface area contributed by atoms with Crippen molar-refractivity contribution in [2.45, 2.75) is 26.7 Å². The average Bonchev–Trinajstić information content (AvgIpc) is 2.55. The summed E-state index contributed by atoms with van der Waals surface area (Å²) in [6.07, 6.45) is 0. The smallest absolute Gasteiger partial charge is 0.270 e. The fourth-order valence-electron chi connectivity index (χ4n) is 2.57. The number of anilines is 2. The summed E-state index contributed by atoms with van der Waals surface area (Å²) in [7, 11) is 1.67. The van der Waals surface area contributed by atoms with Crippen LogP contribution in [0.25, 0.3) is 0 Å². The number of nitro benzene ring substituents is 1. The van der Waals surface area contributed by atoms with Crippen LogP contribution in [0.1, 0.15) is 41.3 Å². The third-order valence-electron chi connectivity index (χ3n) is 3.89. The van der Waals surface area contributed by atoms with Crippen LogP contribution in [-0.4, -0.2) is 17.9 Å². The quantitative estimate of drug-likeness (QED) is 0.632. The molecule has 1 amide bonds. The number of carbonyl (C=O) groups is 1. The molecule has 6 nitrogen and oxygen atoms in total. The van der Waals surface area contributed by atoms with Gasteiger partial charge in [0.25, 0.3) is 11.6 Å². The Kier molecular flexibility index (Phi) is 5.18. The standard InChI is InChI=1S/C18H21N3O3/c1-11(2)14-7-5-6-12(3)17(14)20-18(22)15-10-13(21(23)24)8-9-16(15)19-4/h5-11,19H,1-4H3,(H,20,22). The molecule has 0 atom stereocenters. The van der Waals surface area contributed by atoms with E-state index in [1.54, 1.807) is 7.05 Å². The maximum Gasteiger partial charge on any atom is 0.270 e. The Bertz CT molecular complexity index is 785. The van der Waals surface area contributed by atoms with Crippen LogP contribution in [0.4, 0.5) is 17.1 Å². The van der Waals surface area contributed by atoms with Gasteiger partial charge in [-0.15, -0.1) is 0 Å². The van der Waals surface area contributed by atoms with Crippen LogP contribution in [0.5, 0.6) is 0 Å². The van der Waals surface area contributed by atoms with Gasteiger partial charge in [0.1, 0.15) is 0 Å². The fourth-order valence-corrected chi connectivity index (χ4v) is 2.57. The van der Waals surface area contributed by atoms with Crippen LogP contribution in [0.3, 0.4) is 0 Å². The largest absolute Gasteiger partial charge is 0.387 e. The van der Waals surface area contributed by atoms with Crippen molar-refractivity contribution in [1.82, 2.24) is 0 Å². The number of benzene rings is 2. The number of aryl methyl sites for hydroxylation is 1. The predicted molar refractivity (Wildman–Crippen MR) is 95.9 cm³/mol. The molecule has 0 saturated carbocycles. The third kappa shape index (κ3) is 3.53. The van der Waals surface area contributed by atoms with Crippen LogP contribution in [0.15, 0.2) is 36.4 Å². The van der Waals surface area contributed by atoms with E-state index >= 15 is 0 Å². The van der Waals surface area contributed by atoms with Crippen LogP contribution in [0, 0.1) is 17.0 Å². The molecule has 2 aromatic rings. The highest BCUT2D eigenvalue weighted by Gasteiger charge is 2.18. The second-order valence-corrected chi connectivity index (χ2v) is 5.88. The molecular formula is C18H21N3O3. The van der Waals surface area contributed by atoms with E-state index in [1.807, 2.05) is 25.1 Å². The molecule has 126 valence electrons. The van der Waals surface area contributed by atoms with Crippen molar-refractivity contribution in [2.75, 3.05) is 17.7 Å². The van der Waals surface area contributed by atoms with Crippen LogP contribution in [-0.2, 0) is 0 Å². The zero-order chi connectivity index (χ0) is 17.9. The topological polar surface area (TPSA) is 84.3 Å². The summed E-state index contributed by atoms with van der Waals surface area (Å²) in [5.41, 5.74) is 3.40. The number of rotatable bonds is 5. The van der Waals surface area contributed by atoms with Crippen molar-refractivity contribution in [2.24, 2.45) is 0 Å². The SMILES string of the molecule is CNc1ccc([N+](=O)[O-])cc1C(=O)Nc1c(C)cccc1C(C)C. The van der Waals surface area contributed by atoms with Gasteiger partial charge in [-0.2, -0.15) is 0 Å². The van der Waals surface area contributed by atoms with Crippen molar-refractivity contribution < 1.29 is 9.72 Å². The Morgan fingerprint density at radius 2 is 1.92 bits per heavy atom. The fraction of sp³-hybridized carbons (Fsp3) is 0.278. The van der Waals surface area contributed by atoms with Crippen molar-refractivity contribution in [1.29, 1.82) is 0 Å². The highest BCUT2D eigenvalue weighted by molar-refractivity contribution is 6.09. The van der Waals surface area contributed by atoms with Gasteiger partial charge in [-0.1, -0.05) is 32.0 Å². The van der Waals surface area contributed by atoms with Gasteiger partial charge in [0.2, 0.25) is 0 Å². The van der Waals surface area contributed by atoms with E-state index in [1.165, 1.54) is 18.2 Å². The van der Waals surface area contributed by atoms with E-state index in [0.717, 1.165) is 16.8 Å². The summed E-state index contributed by atoms with van der Waals surface area (Å²) < 4.78 is 0. The molecule has 0 saturated heterocycles. The molecular weight excluding hydrogens is 306 g/mol. The second-order valence-electron chi connectivity index (χ2n) is 5.88. The Balaban J connectivity index is 2.44. The minimum absolute atomic E-state index is 0.118. The summed E-state index contributed by atoms with van der Waals surface area (Å²) in [5, 5.41) is 16.8. The molecule has 0 aromatic heterocycles. The summed E-state index contributed by atoms with van der Waals surface area (Å²) in [4.78, 5) is 23.2. The number of nitrogens with one attached hydrogen (secondary N) is 2. The molecule has 6 heteroatoms. The highest BCUT2D eigenvalue weighted by atomic mass is 16.6. The van der Waals surface area contributed by atoms with Crippen LogP contribution < -0.4 is 10.6 Å². The zero-order valence-electron chi connectivity index (χ0n) is 14.2. The first kappa shape index (κ1) is 17.5. The molecule has 24 heavy (non-hydrogen) atoms. The molecule has 0 radical (unpaired) electrons. The molecule has 0 aliphatic heterocycles. The molecule has 0 unspecified atom stereocenters. The number of nitrogens with zero attached hydrogens (tertiary/aromatic N) is 1. The van der Waals surface area contributed by atoms with Crippen LogP contribution in [0.2, 0.25) is 0 Å². The monoisotopic (exact) mass is 327 g/mol. The predicted octanol–water partition coefficient (Wildman–Crippen LogP) is 4.32. The van der Waals surface area contributed by atoms with E-state index in [-0.39, 0.29) is 23.1 Å². The minimum atomic E-state index is -0.510. The number of amides is 1. The lowest BCUT2D eigenvalue weighted by Crippen LogP contribution is -2.16. The van der Waals surface area contributed by atoms with Crippen molar-refractivity contribution >= 4 is 23.0 Å². The maximum absolute atomic E-state index is 12.7. The zero-order valence-corrected chi connectivity index (χ0v) is 14.2. The maximum atomic E-state index is 12.7. The van der Waals surface area contributed by atoms with Gasteiger partial charge in [-0.25, -0.2) is 0 Å². The molecule has 0 bridgehead atoms. The Morgan fingerprint density at radius 3 is 2.50 bits per heavy atom. The lowest BCUT2D eigenvalue weighted by molar-refractivity contribution is -0.384. The van der Waals surface area contributed by atoms with Gasteiger partial charge in [0.05, 0.1) is 10.5 Å². The minimum Gasteiger partial charge on any atom is -0.387 e. The Hall–Kier alpha value is -2.89.